The summed E-state index contributed by atoms with van der Waals surface area (Å²) in [6, 6.07) is 15.5. The number of aryl methyl sites for hydroxylation is 1. The van der Waals surface area contributed by atoms with E-state index in [0.717, 1.165) is 16.9 Å². The molecule has 0 atom stereocenters. The Kier molecular flexibility index (Phi) is 5.71. The fourth-order valence-corrected chi connectivity index (χ4v) is 4.84. The Bertz CT molecular complexity index is 1070. The lowest BCUT2D eigenvalue weighted by Crippen LogP contribution is -2.26. The van der Waals surface area contributed by atoms with Crippen molar-refractivity contribution in [2.75, 3.05) is 23.8 Å². The van der Waals surface area contributed by atoms with Crippen molar-refractivity contribution in [3.8, 4) is 5.75 Å². The van der Waals surface area contributed by atoms with Gasteiger partial charge in [0, 0.05) is 18.1 Å². The van der Waals surface area contributed by atoms with Crippen LogP contribution in [0.5, 0.6) is 5.75 Å². The minimum absolute atomic E-state index is 0.0740. The summed E-state index contributed by atoms with van der Waals surface area (Å²) < 4.78 is 32.0. The summed E-state index contributed by atoms with van der Waals surface area (Å²) in [5.41, 5.74) is 2.24. The predicted octanol–water partition coefficient (Wildman–Crippen LogP) is 4.14. The Hall–Kier alpha value is -2.84. The summed E-state index contributed by atoms with van der Waals surface area (Å²) in [5, 5.41) is 4.24. The third kappa shape index (κ3) is 4.18. The molecule has 1 amide bonds. The molecule has 3 aromatic rings. The Morgan fingerprint density at radius 3 is 2.32 bits per heavy atom. The fourth-order valence-electron chi connectivity index (χ4n) is 2.49. The molecule has 0 fully saturated rings. The first-order valence-corrected chi connectivity index (χ1v) is 10.7. The Balaban J connectivity index is 1.78. The van der Waals surface area contributed by atoms with Crippen LogP contribution >= 0.6 is 11.3 Å². The molecule has 0 bridgehead atoms. The lowest BCUT2D eigenvalue weighted by molar-refractivity contribution is 0.103. The highest BCUT2D eigenvalue weighted by molar-refractivity contribution is 7.93. The lowest BCUT2D eigenvalue weighted by atomic mass is 10.2. The molecule has 0 aliphatic rings. The number of anilines is 2. The van der Waals surface area contributed by atoms with Crippen LogP contribution in [0, 0.1) is 6.92 Å². The Morgan fingerprint density at radius 2 is 1.71 bits per heavy atom. The molecule has 3 rings (SSSR count). The second-order valence-electron chi connectivity index (χ2n) is 6.14. The van der Waals surface area contributed by atoms with E-state index in [-0.39, 0.29) is 10.8 Å². The van der Waals surface area contributed by atoms with Gasteiger partial charge in [0.15, 0.2) is 0 Å². The van der Waals surface area contributed by atoms with Gasteiger partial charge in [-0.3, -0.25) is 9.10 Å². The number of nitrogens with zero attached hydrogens (tertiary/aromatic N) is 1. The van der Waals surface area contributed by atoms with Crippen LogP contribution in [-0.4, -0.2) is 28.5 Å². The van der Waals surface area contributed by atoms with Gasteiger partial charge in [0.25, 0.3) is 15.9 Å². The number of ether oxygens (including phenoxy) is 1. The minimum atomic E-state index is -3.78. The summed E-state index contributed by atoms with van der Waals surface area (Å²) in [6.45, 7) is 1.96. The predicted molar refractivity (Wildman–Crippen MR) is 112 cm³/mol. The first-order chi connectivity index (χ1) is 13.3. The largest absolute Gasteiger partial charge is 0.497 e. The van der Waals surface area contributed by atoms with E-state index in [1.807, 2.05) is 19.1 Å². The van der Waals surface area contributed by atoms with Crippen molar-refractivity contribution in [1.29, 1.82) is 0 Å². The standard InChI is InChI=1S/C20H20N2O4S2/c1-14-4-6-15(7-5-14)21-20(23)19-12-18(13-27-19)28(24,25)22(2)16-8-10-17(26-3)11-9-16/h4-13H,1-3H3,(H,21,23). The molecule has 8 heteroatoms. The van der Waals surface area contributed by atoms with Crippen molar-refractivity contribution in [1.82, 2.24) is 0 Å². The highest BCUT2D eigenvalue weighted by Gasteiger charge is 2.24. The summed E-state index contributed by atoms with van der Waals surface area (Å²) >= 11 is 1.09. The maximum Gasteiger partial charge on any atom is 0.265 e. The average Bonchev–Trinajstić information content (AvgIpc) is 3.20. The zero-order chi connectivity index (χ0) is 20.3. The van der Waals surface area contributed by atoms with Crippen LogP contribution in [0.15, 0.2) is 64.9 Å². The number of methoxy groups -OCH3 is 1. The molecule has 28 heavy (non-hydrogen) atoms. The molecule has 0 saturated heterocycles. The van der Waals surface area contributed by atoms with Gasteiger partial charge in [-0.25, -0.2) is 8.42 Å². The van der Waals surface area contributed by atoms with Crippen LogP contribution in [0.25, 0.3) is 0 Å². The average molecular weight is 417 g/mol. The van der Waals surface area contributed by atoms with Gasteiger partial charge in [0.2, 0.25) is 0 Å². The Morgan fingerprint density at radius 1 is 1.07 bits per heavy atom. The molecule has 1 aromatic heterocycles. The van der Waals surface area contributed by atoms with E-state index in [0.29, 0.717) is 22.0 Å². The lowest BCUT2D eigenvalue weighted by Gasteiger charge is -2.18. The molecule has 0 aliphatic heterocycles. The van der Waals surface area contributed by atoms with E-state index in [1.54, 1.807) is 43.5 Å². The number of rotatable bonds is 6. The molecule has 146 valence electrons. The van der Waals surface area contributed by atoms with Crippen molar-refractivity contribution in [2.45, 2.75) is 11.8 Å². The van der Waals surface area contributed by atoms with Gasteiger partial charge in [0.1, 0.15) is 5.75 Å². The van der Waals surface area contributed by atoms with Gasteiger partial charge >= 0.3 is 0 Å². The number of thiophene rings is 1. The minimum Gasteiger partial charge on any atom is -0.497 e. The monoisotopic (exact) mass is 416 g/mol. The highest BCUT2D eigenvalue weighted by Crippen LogP contribution is 2.27. The summed E-state index contributed by atoms with van der Waals surface area (Å²) in [4.78, 5) is 12.8. The molecule has 0 spiro atoms. The second-order valence-corrected chi connectivity index (χ2v) is 9.02. The molecular weight excluding hydrogens is 396 g/mol. The van der Waals surface area contributed by atoms with Crippen LogP contribution < -0.4 is 14.4 Å². The molecule has 0 unspecified atom stereocenters. The number of carbonyl (C=O) groups is 1. The van der Waals surface area contributed by atoms with Crippen LogP contribution in [0.2, 0.25) is 0 Å². The number of sulfonamides is 1. The van der Waals surface area contributed by atoms with Crippen molar-refractivity contribution in [3.63, 3.8) is 0 Å². The number of hydrogen-bond acceptors (Lipinski definition) is 5. The Labute approximate surface area is 168 Å². The first kappa shape index (κ1) is 19.9. The summed E-state index contributed by atoms with van der Waals surface area (Å²) in [6.07, 6.45) is 0. The number of hydrogen-bond donors (Lipinski definition) is 1. The van der Waals surface area contributed by atoms with Crippen molar-refractivity contribution < 1.29 is 17.9 Å². The molecule has 1 N–H and O–H groups in total. The van der Waals surface area contributed by atoms with Crippen LogP contribution in [0.4, 0.5) is 11.4 Å². The van der Waals surface area contributed by atoms with E-state index >= 15 is 0 Å². The third-order valence-electron chi connectivity index (χ3n) is 4.20. The highest BCUT2D eigenvalue weighted by atomic mass is 32.2. The van der Waals surface area contributed by atoms with E-state index < -0.39 is 10.0 Å². The molecule has 0 saturated carbocycles. The number of carbonyl (C=O) groups excluding carboxylic acids is 1. The molecule has 1 heterocycles. The normalized spacial score (nSPS) is 11.1. The van der Waals surface area contributed by atoms with Gasteiger partial charge in [-0.05, 0) is 49.4 Å². The van der Waals surface area contributed by atoms with E-state index in [2.05, 4.69) is 5.32 Å². The van der Waals surface area contributed by atoms with Gasteiger partial charge in [-0.1, -0.05) is 17.7 Å². The summed E-state index contributed by atoms with van der Waals surface area (Å²) in [5.74, 6) is 0.294. The SMILES string of the molecule is COc1ccc(N(C)S(=O)(=O)c2csc(C(=O)Nc3ccc(C)cc3)c2)cc1. The fraction of sp³-hybridized carbons (Fsp3) is 0.150. The van der Waals surface area contributed by atoms with Gasteiger partial charge < -0.3 is 10.1 Å². The van der Waals surface area contributed by atoms with Crippen molar-refractivity contribution in [2.24, 2.45) is 0 Å². The number of nitrogens with one attached hydrogen (secondary N) is 1. The van der Waals surface area contributed by atoms with Gasteiger partial charge in [-0.2, -0.15) is 0 Å². The van der Waals surface area contributed by atoms with E-state index in [9.17, 15) is 13.2 Å². The maximum atomic E-state index is 12.9. The van der Waals surface area contributed by atoms with Gasteiger partial charge in [-0.15, -0.1) is 11.3 Å². The summed E-state index contributed by atoms with van der Waals surface area (Å²) in [7, 11) is -0.761. The van der Waals surface area contributed by atoms with Crippen LogP contribution in [0.1, 0.15) is 15.2 Å². The number of benzene rings is 2. The quantitative estimate of drug-likeness (QED) is 0.655. The zero-order valence-electron chi connectivity index (χ0n) is 15.7. The first-order valence-electron chi connectivity index (χ1n) is 8.41. The molecular formula is C20H20N2O4S2. The third-order valence-corrected chi connectivity index (χ3v) is 7.04. The topological polar surface area (TPSA) is 75.7 Å². The zero-order valence-corrected chi connectivity index (χ0v) is 17.3. The van der Waals surface area contributed by atoms with Crippen LogP contribution in [-0.2, 0) is 10.0 Å². The maximum absolute atomic E-state index is 12.9. The smallest absolute Gasteiger partial charge is 0.265 e. The van der Waals surface area contributed by atoms with E-state index in [4.69, 9.17) is 4.74 Å². The molecule has 2 aromatic carbocycles. The van der Waals surface area contributed by atoms with Crippen molar-refractivity contribution >= 4 is 38.6 Å². The number of amides is 1. The molecule has 6 nitrogen and oxygen atoms in total. The second kappa shape index (κ2) is 8.04. The van der Waals surface area contributed by atoms with Crippen LogP contribution in [0.3, 0.4) is 0 Å². The molecule has 0 aliphatic carbocycles. The molecule has 0 radical (unpaired) electrons. The van der Waals surface area contributed by atoms with Crippen molar-refractivity contribution in [3.05, 3.63) is 70.4 Å². The van der Waals surface area contributed by atoms with E-state index in [1.165, 1.54) is 22.8 Å². The van der Waals surface area contributed by atoms with Gasteiger partial charge in [0.05, 0.1) is 22.6 Å².